The molecule has 0 aliphatic carbocycles. The Balaban J connectivity index is 1.59. The van der Waals surface area contributed by atoms with Crippen molar-refractivity contribution in [1.29, 1.82) is 0 Å². The van der Waals surface area contributed by atoms with E-state index in [9.17, 15) is 9.59 Å². The van der Waals surface area contributed by atoms with Crippen LogP contribution in [0.2, 0.25) is 0 Å². The minimum atomic E-state index is -0.244. The van der Waals surface area contributed by atoms with Crippen LogP contribution in [0.25, 0.3) is 0 Å². The normalized spacial score (nSPS) is 17.6. The van der Waals surface area contributed by atoms with E-state index in [0.717, 1.165) is 22.5 Å². The summed E-state index contributed by atoms with van der Waals surface area (Å²) < 4.78 is 0. The number of imide groups is 1. The van der Waals surface area contributed by atoms with Crippen LogP contribution in [0.1, 0.15) is 44.0 Å². The molecule has 1 fully saturated rings. The average Bonchev–Trinajstić information content (AvgIpc) is 3.13. The van der Waals surface area contributed by atoms with E-state index >= 15 is 0 Å². The smallest absolute Gasteiger partial charge is 0.230 e. The molecule has 2 aromatic rings. The molecule has 1 aliphatic rings. The molecule has 1 aliphatic heterocycles. The summed E-state index contributed by atoms with van der Waals surface area (Å²) in [5.41, 5.74) is 4.37. The van der Waals surface area contributed by atoms with Crippen molar-refractivity contribution in [3.8, 4) is 0 Å². The van der Waals surface area contributed by atoms with Crippen molar-refractivity contribution in [2.75, 3.05) is 5.32 Å². The molecule has 1 saturated heterocycles. The lowest BCUT2D eigenvalue weighted by molar-refractivity contribution is -0.125. The molecule has 1 aromatic heterocycles. The molecule has 1 unspecified atom stereocenters. The number of H-pyrrole nitrogens is 1. The summed E-state index contributed by atoms with van der Waals surface area (Å²) in [5, 5.41) is 13.0. The lowest BCUT2D eigenvalue weighted by Crippen LogP contribution is -2.22. The quantitative estimate of drug-likeness (QED) is 0.730. The molecule has 0 radical (unpaired) electrons. The summed E-state index contributed by atoms with van der Waals surface area (Å²) in [7, 11) is 0. The van der Waals surface area contributed by atoms with Gasteiger partial charge >= 0.3 is 0 Å². The van der Waals surface area contributed by atoms with Crippen LogP contribution in [0.15, 0.2) is 30.5 Å². The van der Waals surface area contributed by atoms with Gasteiger partial charge in [-0.05, 0) is 24.1 Å². The fourth-order valence-corrected chi connectivity index (χ4v) is 3.11. The molecule has 0 saturated carbocycles. The number of nitrogens with one attached hydrogen (secondary N) is 3. The van der Waals surface area contributed by atoms with Crippen LogP contribution in [0.5, 0.6) is 0 Å². The van der Waals surface area contributed by atoms with Gasteiger partial charge in [0.2, 0.25) is 11.8 Å². The molecule has 2 heterocycles. The third-order valence-electron chi connectivity index (χ3n) is 4.45. The van der Waals surface area contributed by atoms with Gasteiger partial charge in [0.1, 0.15) is 0 Å². The second-order valence-corrected chi connectivity index (χ2v) is 7.59. The molecule has 0 bridgehead atoms. The standard InChI is InChI=1S/C19H24N4O2/c1-19(2,3)17-14(11-21-23-17)10-20-15-6-4-12(5-7-15)8-13-9-16(24)22-18(13)25/h4-7,11,13,20H,8-10H2,1-3H3,(H,21,23)(H,22,24,25). The summed E-state index contributed by atoms with van der Waals surface area (Å²) in [6, 6.07) is 8.00. The van der Waals surface area contributed by atoms with Crippen LogP contribution >= 0.6 is 0 Å². The first-order chi connectivity index (χ1) is 11.8. The Kier molecular flexibility index (Phi) is 4.61. The van der Waals surface area contributed by atoms with E-state index in [0.29, 0.717) is 13.0 Å². The van der Waals surface area contributed by atoms with Gasteiger partial charge in [-0.2, -0.15) is 5.10 Å². The van der Waals surface area contributed by atoms with Crippen molar-refractivity contribution >= 4 is 17.5 Å². The maximum Gasteiger partial charge on any atom is 0.230 e. The topological polar surface area (TPSA) is 86.9 Å². The molecule has 25 heavy (non-hydrogen) atoms. The zero-order chi connectivity index (χ0) is 18.0. The molecule has 6 heteroatoms. The summed E-state index contributed by atoms with van der Waals surface area (Å²) in [5.74, 6) is -0.587. The highest BCUT2D eigenvalue weighted by molar-refractivity contribution is 6.03. The zero-order valence-corrected chi connectivity index (χ0v) is 14.8. The van der Waals surface area contributed by atoms with E-state index in [4.69, 9.17) is 0 Å². The lowest BCUT2D eigenvalue weighted by Gasteiger charge is -2.18. The Morgan fingerprint density at radius 3 is 2.52 bits per heavy atom. The number of hydrogen-bond donors (Lipinski definition) is 3. The fourth-order valence-electron chi connectivity index (χ4n) is 3.11. The SMILES string of the molecule is CC(C)(C)c1[nH]ncc1CNc1ccc(CC2CC(=O)NC2=O)cc1. The monoisotopic (exact) mass is 340 g/mol. The number of amides is 2. The van der Waals surface area contributed by atoms with Gasteiger partial charge in [-0.15, -0.1) is 0 Å². The lowest BCUT2D eigenvalue weighted by atomic mass is 9.89. The summed E-state index contributed by atoms with van der Waals surface area (Å²) in [4.78, 5) is 22.9. The van der Waals surface area contributed by atoms with Crippen LogP contribution in [-0.2, 0) is 28.0 Å². The first kappa shape index (κ1) is 17.2. The average molecular weight is 340 g/mol. The molecule has 132 valence electrons. The Bertz CT molecular complexity index is 771. The van der Waals surface area contributed by atoms with Crippen molar-refractivity contribution in [2.24, 2.45) is 5.92 Å². The van der Waals surface area contributed by atoms with Crippen LogP contribution in [-0.4, -0.2) is 22.0 Å². The van der Waals surface area contributed by atoms with Gasteiger partial charge in [-0.3, -0.25) is 20.0 Å². The van der Waals surface area contributed by atoms with Crippen LogP contribution in [0.3, 0.4) is 0 Å². The van der Waals surface area contributed by atoms with E-state index in [1.807, 2.05) is 30.5 Å². The fraction of sp³-hybridized carbons (Fsp3) is 0.421. The Labute approximate surface area is 147 Å². The third-order valence-corrected chi connectivity index (χ3v) is 4.45. The minimum absolute atomic E-state index is 0.0245. The van der Waals surface area contributed by atoms with Crippen molar-refractivity contribution < 1.29 is 9.59 Å². The van der Waals surface area contributed by atoms with Gasteiger partial charge in [0.05, 0.1) is 12.1 Å². The molecule has 3 N–H and O–H groups in total. The number of rotatable bonds is 5. The molecule has 6 nitrogen and oxygen atoms in total. The third kappa shape index (κ3) is 4.07. The van der Waals surface area contributed by atoms with Gasteiger partial charge in [-0.25, -0.2) is 0 Å². The Morgan fingerprint density at radius 1 is 1.20 bits per heavy atom. The van der Waals surface area contributed by atoms with Gasteiger partial charge in [0, 0.05) is 35.3 Å². The minimum Gasteiger partial charge on any atom is -0.381 e. The van der Waals surface area contributed by atoms with E-state index in [-0.39, 0.29) is 29.6 Å². The number of carbonyl (C=O) groups is 2. The molecular weight excluding hydrogens is 316 g/mol. The van der Waals surface area contributed by atoms with Gasteiger partial charge in [0.25, 0.3) is 0 Å². The predicted molar refractivity (Wildman–Crippen MR) is 96.0 cm³/mol. The number of aromatic nitrogens is 2. The van der Waals surface area contributed by atoms with E-state index in [1.165, 1.54) is 0 Å². The largest absolute Gasteiger partial charge is 0.381 e. The van der Waals surface area contributed by atoms with E-state index < -0.39 is 0 Å². The van der Waals surface area contributed by atoms with Crippen LogP contribution in [0.4, 0.5) is 5.69 Å². The maximum absolute atomic E-state index is 11.6. The number of anilines is 1. The maximum atomic E-state index is 11.6. The van der Waals surface area contributed by atoms with E-state index in [2.05, 4.69) is 41.6 Å². The van der Waals surface area contributed by atoms with Crippen molar-refractivity contribution in [2.45, 2.75) is 45.6 Å². The van der Waals surface area contributed by atoms with Crippen molar-refractivity contribution in [3.05, 3.63) is 47.3 Å². The second kappa shape index (κ2) is 6.70. The van der Waals surface area contributed by atoms with Gasteiger partial charge in [-0.1, -0.05) is 32.9 Å². The zero-order valence-electron chi connectivity index (χ0n) is 14.8. The highest BCUT2D eigenvalue weighted by atomic mass is 16.2. The number of nitrogens with zero attached hydrogens (tertiary/aromatic N) is 1. The Hall–Kier alpha value is -2.63. The number of hydrogen-bond acceptors (Lipinski definition) is 4. The molecular formula is C19H24N4O2. The molecule has 2 amide bonds. The second-order valence-electron chi connectivity index (χ2n) is 7.59. The van der Waals surface area contributed by atoms with Crippen LogP contribution in [0, 0.1) is 5.92 Å². The molecule has 3 rings (SSSR count). The first-order valence-corrected chi connectivity index (χ1v) is 8.52. The predicted octanol–water partition coefficient (Wildman–Crippen LogP) is 2.52. The van der Waals surface area contributed by atoms with Crippen molar-refractivity contribution in [3.63, 3.8) is 0 Å². The summed E-state index contributed by atoms with van der Waals surface area (Å²) in [6.07, 6.45) is 2.74. The van der Waals surface area contributed by atoms with Crippen molar-refractivity contribution in [1.82, 2.24) is 15.5 Å². The highest BCUT2D eigenvalue weighted by Gasteiger charge is 2.30. The number of benzene rings is 1. The Morgan fingerprint density at radius 2 is 1.92 bits per heavy atom. The highest BCUT2D eigenvalue weighted by Crippen LogP contribution is 2.24. The summed E-state index contributed by atoms with van der Waals surface area (Å²) >= 11 is 0. The van der Waals surface area contributed by atoms with Gasteiger partial charge < -0.3 is 5.32 Å². The van der Waals surface area contributed by atoms with Crippen LogP contribution < -0.4 is 10.6 Å². The van der Waals surface area contributed by atoms with E-state index in [1.54, 1.807) is 0 Å². The number of aromatic amines is 1. The molecule has 0 spiro atoms. The first-order valence-electron chi connectivity index (χ1n) is 8.52. The summed E-state index contributed by atoms with van der Waals surface area (Å²) in [6.45, 7) is 7.16. The van der Waals surface area contributed by atoms with Gasteiger partial charge in [0.15, 0.2) is 0 Å². The number of carbonyl (C=O) groups excluding carboxylic acids is 2. The molecule has 1 atom stereocenters. The molecule has 1 aromatic carbocycles.